The number of anilines is 1. The summed E-state index contributed by atoms with van der Waals surface area (Å²) in [5, 5.41) is 8.24. The molecule has 1 fully saturated rings. The Kier molecular flexibility index (Phi) is 6.66. The molecule has 8 heteroatoms. The van der Waals surface area contributed by atoms with Crippen LogP contribution >= 0.6 is 0 Å². The summed E-state index contributed by atoms with van der Waals surface area (Å²) in [7, 11) is -0.666. The average Bonchev–Trinajstić information content (AvgIpc) is 3.33. The fourth-order valence-electron chi connectivity index (χ4n) is 5.56. The number of nitrogens with zero attached hydrogens (tertiary/aromatic N) is 2. The van der Waals surface area contributed by atoms with Crippen LogP contribution in [0.15, 0.2) is 83.8 Å². The van der Waals surface area contributed by atoms with Crippen LogP contribution in [-0.4, -0.2) is 37.9 Å². The number of rotatable bonds is 8. The highest BCUT2D eigenvalue weighted by molar-refractivity contribution is 7.89. The van der Waals surface area contributed by atoms with Crippen molar-refractivity contribution in [1.29, 1.82) is 0 Å². The Morgan fingerprint density at radius 2 is 1.55 bits per heavy atom. The van der Waals surface area contributed by atoms with E-state index in [0.29, 0.717) is 24.0 Å². The van der Waals surface area contributed by atoms with Crippen molar-refractivity contribution in [2.75, 3.05) is 19.5 Å². The number of benzene rings is 3. The maximum absolute atomic E-state index is 14.1. The lowest BCUT2D eigenvalue weighted by molar-refractivity contribution is 0.411. The van der Waals surface area contributed by atoms with E-state index in [1.165, 1.54) is 4.09 Å². The maximum Gasteiger partial charge on any atom is 0.283 e. The standard InChI is InChI=1S/C32H33N3O4S/c1-22-13-15-28(16-14-22)40(36,37)35-30-21-32(23-7-4-11-26(19-23)38-2,24-8-5-12-27(20-24)39-3)18-17-29(30)31(34-35)33-25-9-6-10-25/h4-5,7-8,11-20,25H,6,9-10,21H2,1-3H3,(H,33,34). The molecule has 0 atom stereocenters. The van der Waals surface area contributed by atoms with Crippen molar-refractivity contribution < 1.29 is 17.9 Å². The minimum atomic E-state index is -3.96. The summed E-state index contributed by atoms with van der Waals surface area (Å²) < 4.78 is 40.6. The fraction of sp³-hybridized carbons (Fsp3) is 0.281. The van der Waals surface area contributed by atoms with Gasteiger partial charge < -0.3 is 14.8 Å². The summed E-state index contributed by atoms with van der Waals surface area (Å²) in [4.78, 5) is 0.210. The number of methoxy groups -OCH3 is 2. The van der Waals surface area contributed by atoms with Gasteiger partial charge >= 0.3 is 0 Å². The van der Waals surface area contributed by atoms with E-state index in [0.717, 1.165) is 53.0 Å². The maximum atomic E-state index is 14.1. The molecule has 2 aliphatic carbocycles. The third-order valence-electron chi connectivity index (χ3n) is 8.13. The Morgan fingerprint density at radius 1 is 0.925 bits per heavy atom. The molecule has 1 heterocycles. The SMILES string of the molecule is COc1cccc(C2(c3cccc(OC)c3)C=Cc3c(NC4CCC4)nn(S(=O)(=O)c4ccc(C)cc4)c3C2)c1. The van der Waals surface area contributed by atoms with Crippen molar-refractivity contribution in [2.45, 2.75) is 49.0 Å². The number of hydrogen-bond donors (Lipinski definition) is 1. The predicted octanol–water partition coefficient (Wildman–Crippen LogP) is 5.97. The van der Waals surface area contributed by atoms with Crippen molar-refractivity contribution in [1.82, 2.24) is 9.19 Å². The van der Waals surface area contributed by atoms with Gasteiger partial charge in [-0.05, 0) is 73.7 Å². The van der Waals surface area contributed by atoms with Gasteiger partial charge in [-0.1, -0.05) is 54.1 Å². The lowest BCUT2D eigenvalue weighted by atomic mass is 9.68. The molecule has 0 aliphatic heterocycles. The Morgan fingerprint density at radius 3 is 2.10 bits per heavy atom. The van der Waals surface area contributed by atoms with Crippen LogP contribution in [0.4, 0.5) is 5.82 Å². The fourth-order valence-corrected chi connectivity index (χ4v) is 6.88. The van der Waals surface area contributed by atoms with Gasteiger partial charge in [-0.25, -0.2) is 0 Å². The molecular weight excluding hydrogens is 522 g/mol. The van der Waals surface area contributed by atoms with Crippen molar-refractivity contribution in [2.24, 2.45) is 0 Å². The monoisotopic (exact) mass is 555 g/mol. The van der Waals surface area contributed by atoms with E-state index >= 15 is 0 Å². The molecule has 3 aromatic carbocycles. The highest BCUT2D eigenvalue weighted by atomic mass is 32.2. The third-order valence-corrected chi connectivity index (χ3v) is 9.76. The second-order valence-corrected chi connectivity index (χ2v) is 12.4. The Bertz CT molecular complexity index is 1640. The van der Waals surface area contributed by atoms with E-state index in [1.54, 1.807) is 26.4 Å². The van der Waals surface area contributed by atoms with Gasteiger partial charge in [0.25, 0.3) is 10.0 Å². The van der Waals surface area contributed by atoms with Crippen LogP contribution in [0.2, 0.25) is 0 Å². The zero-order chi connectivity index (χ0) is 27.9. The second kappa shape index (κ2) is 10.2. The lowest BCUT2D eigenvalue weighted by Crippen LogP contribution is -2.33. The lowest BCUT2D eigenvalue weighted by Gasteiger charge is -2.35. The molecular formula is C32H33N3O4S. The first-order valence-corrected chi connectivity index (χ1v) is 15.0. The van der Waals surface area contributed by atoms with E-state index < -0.39 is 15.4 Å². The van der Waals surface area contributed by atoms with E-state index in [9.17, 15) is 8.42 Å². The van der Waals surface area contributed by atoms with Gasteiger partial charge in [0.1, 0.15) is 11.5 Å². The first-order valence-electron chi connectivity index (χ1n) is 13.5. The van der Waals surface area contributed by atoms with Crippen LogP contribution in [0.3, 0.4) is 0 Å². The Balaban J connectivity index is 1.56. The van der Waals surface area contributed by atoms with Crippen molar-refractivity contribution in [3.63, 3.8) is 0 Å². The number of allylic oxidation sites excluding steroid dienone is 1. The van der Waals surface area contributed by atoms with Crippen LogP contribution in [0.1, 0.15) is 47.2 Å². The largest absolute Gasteiger partial charge is 0.497 e. The highest BCUT2D eigenvalue weighted by Gasteiger charge is 2.40. The number of hydrogen-bond acceptors (Lipinski definition) is 6. The van der Waals surface area contributed by atoms with Crippen LogP contribution in [0.5, 0.6) is 11.5 Å². The van der Waals surface area contributed by atoms with E-state index in [1.807, 2.05) is 61.5 Å². The van der Waals surface area contributed by atoms with Crippen LogP contribution in [0.25, 0.3) is 6.08 Å². The second-order valence-electron chi connectivity index (χ2n) is 10.6. The minimum Gasteiger partial charge on any atom is -0.497 e. The van der Waals surface area contributed by atoms with Crippen LogP contribution in [-0.2, 0) is 21.9 Å². The summed E-state index contributed by atoms with van der Waals surface area (Å²) in [5.74, 6) is 2.07. The molecule has 7 nitrogen and oxygen atoms in total. The summed E-state index contributed by atoms with van der Waals surface area (Å²) in [6, 6.07) is 23.1. The number of aromatic nitrogens is 2. The van der Waals surface area contributed by atoms with Crippen molar-refractivity contribution >= 4 is 21.9 Å². The Labute approximate surface area is 235 Å². The molecule has 4 aromatic rings. The van der Waals surface area contributed by atoms with Gasteiger partial charge in [0.05, 0.1) is 24.8 Å². The highest BCUT2D eigenvalue weighted by Crippen LogP contribution is 2.45. The molecule has 206 valence electrons. The molecule has 1 aromatic heterocycles. The van der Waals surface area contributed by atoms with Gasteiger partial charge in [-0.15, -0.1) is 5.10 Å². The molecule has 40 heavy (non-hydrogen) atoms. The molecule has 0 unspecified atom stereocenters. The van der Waals surface area contributed by atoms with E-state index in [2.05, 4.69) is 23.5 Å². The van der Waals surface area contributed by atoms with Crippen molar-refractivity contribution in [3.8, 4) is 11.5 Å². The molecule has 0 bridgehead atoms. The number of aryl methyl sites for hydroxylation is 1. The Hall–Kier alpha value is -4.04. The molecule has 0 saturated heterocycles. The minimum absolute atomic E-state index is 0.210. The normalized spacial score (nSPS) is 16.2. The van der Waals surface area contributed by atoms with Crippen LogP contribution < -0.4 is 14.8 Å². The average molecular weight is 556 g/mol. The molecule has 6 rings (SSSR count). The molecule has 0 amide bonds. The van der Waals surface area contributed by atoms with Gasteiger partial charge in [-0.3, -0.25) is 0 Å². The molecule has 2 aliphatic rings. The molecule has 1 saturated carbocycles. The van der Waals surface area contributed by atoms with Gasteiger partial charge in [0.15, 0.2) is 5.82 Å². The molecule has 0 radical (unpaired) electrons. The summed E-state index contributed by atoms with van der Waals surface area (Å²) >= 11 is 0. The summed E-state index contributed by atoms with van der Waals surface area (Å²) in [6.07, 6.45) is 7.82. The van der Waals surface area contributed by atoms with E-state index in [4.69, 9.17) is 14.6 Å². The van der Waals surface area contributed by atoms with Gasteiger partial charge in [0.2, 0.25) is 0 Å². The first-order chi connectivity index (χ1) is 19.3. The zero-order valence-corrected chi connectivity index (χ0v) is 23.7. The molecule has 1 N–H and O–H groups in total. The van der Waals surface area contributed by atoms with Gasteiger partial charge in [-0.2, -0.15) is 12.5 Å². The number of nitrogens with one attached hydrogen (secondary N) is 1. The third kappa shape index (κ3) is 4.46. The predicted molar refractivity (Wildman–Crippen MR) is 157 cm³/mol. The van der Waals surface area contributed by atoms with Crippen LogP contribution in [0, 0.1) is 6.92 Å². The quantitative estimate of drug-likeness (QED) is 0.289. The topological polar surface area (TPSA) is 82.4 Å². The van der Waals surface area contributed by atoms with E-state index in [-0.39, 0.29) is 4.90 Å². The van der Waals surface area contributed by atoms with Gasteiger partial charge in [0, 0.05) is 23.4 Å². The number of ether oxygens (including phenoxy) is 2. The zero-order valence-electron chi connectivity index (χ0n) is 22.9. The number of fused-ring (bicyclic) bond motifs is 1. The smallest absolute Gasteiger partial charge is 0.283 e. The molecule has 0 spiro atoms. The summed E-state index contributed by atoms with van der Waals surface area (Å²) in [6.45, 7) is 1.94. The first kappa shape index (κ1) is 26.2. The summed E-state index contributed by atoms with van der Waals surface area (Å²) in [5.41, 5.74) is 3.71. The van der Waals surface area contributed by atoms with Crippen molar-refractivity contribution in [3.05, 3.63) is 107 Å².